The number of para-hydroxylation sites is 4. The van der Waals surface area contributed by atoms with Gasteiger partial charge in [-0.2, -0.15) is 0 Å². The molecule has 0 aromatic heterocycles. The molecule has 2 aromatic rings. The van der Waals surface area contributed by atoms with Crippen molar-refractivity contribution in [3.05, 3.63) is 48.5 Å². The van der Waals surface area contributed by atoms with Gasteiger partial charge in [-0.3, -0.25) is 0 Å². The van der Waals surface area contributed by atoms with E-state index in [0.29, 0.717) is 29.5 Å². The van der Waals surface area contributed by atoms with Crippen LogP contribution in [0, 0.1) is 0 Å². The van der Waals surface area contributed by atoms with Gasteiger partial charge in [0.1, 0.15) is 24.2 Å². The van der Waals surface area contributed by atoms with E-state index in [1.807, 2.05) is 43.3 Å². The van der Waals surface area contributed by atoms with Crippen LogP contribution in [0.5, 0.6) is 11.5 Å². The maximum Gasteiger partial charge on any atom is 0.142 e. The molecule has 0 bridgehead atoms. The Hall–Kier alpha value is -2.36. The summed E-state index contributed by atoms with van der Waals surface area (Å²) >= 11 is 0. The molecule has 100 valence electrons. The number of rotatable bonds is 5. The van der Waals surface area contributed by atoms with Crippen molar-refractivity contribution in [2.45, 2.75) is 13.0 Å². The topological polar surface area (TPSA) is 70.5 Å². The Morgan fingerprint density at radius 1 is 0.895 bits per heavy atom. The minimum absolute atomic E-state index is 0.121. The van der Waals surface area contributed by atoms with Crippen LogP contribution in [-0.4, -0.2) is 12.7 Å². The highest BCUT2D eigenvalue weighted by atomic mass is 16.5. The first-order valence-corrected chi connectivity index (χ1v) is 6.15. The molecule has 0 radical (unpaired) electrons. The zero-order valence-electron chi connectivity index (χ0n) is 10.9. The molecule has 1 atom stereocenters. The minimum Gasteiger partial charge on any atom is -0.488 e. The highest BCUT2D eigenvalue weighted by Gasteiger charge is 2.08. The maximum absolute atomic E-state index is 5.81. The van der Waals surface area contributed by atoms with Gasteiger partial charge in [-0.1, -0.05) is 24.3 Å². The molecule has 1 unspecified atom stereocenters. The molecule has 0 spiro atoms. The van der Waals surface area contributed by atoms with Crippen molar-refractivity contribution in [2.24, 2.45) is 0 Å². The van der Waals surface area contributed by atoms with Crippen LogP contribution in [0.25, 0.3) is 0 Å². The molecule has 0 aliphatic carbocycles. The van der Waals surface area contributed by atoms with E-state index in [1.165, 1.54) is 0 Å². The lowest BCUT2D eigenvalue weighted by molar-refractivity contribution is 0.144. The Kier molecular flexibility index (Phi) is 4.13. The highest BCUT2D eigenvalue weighted by molar-refractivity contribution is 5.52. The molecule has 4 heteroatoms. The van der Waals surface area contributed by atoms with Crippen LogP contribution in [0.4, 0.5) is 11.4 Å². The van der Waals surface area contributed by atoms with Crippen molar-refractivity contribution >= 4 is 11.4 Å². The Morgan fingerprint density at radius 3 is 2.00 bits per heavy atom. The third-order valence-corrected chi connectivity index (χ3v) is 2.64. The van der Waals surface area contributed by atoms with Crippen molar-refractivity contribution < 1.29 is 9.47 Å². The molecule has 0 heterocycles. The first kappa shape index (κ1) is 13.1. The molecule has 0 aliphatic heterocycles. The van der Waals surface area contributed by atoms with E-state index in [-0.39, 0.29) is 6.10 Å². The second kappa shape index (κ2) is 6.00. The Bertz CT molecular complexity index is 543. The van der Waals surface area contributed by atoms with Gasteiger partial charge in [0.2, 0.25) is 0 Å². The lowest BCUT2D eigenvalue weighted by atomic mass is 10.3. The van der Waals surface area contributed by atoms with Crippen LogP contribution in [0.15, 0.2) is 48.5 Å². The summed E-state index contributed by atoms with van der Waals surface area (Å²) in [6.45, 7) is 2.33. The SMILES string of the molecule is CC(COc1ccccc1N)Oc1ccccc1N. The fraction of sp³-hybridized carbons (Fsp3) is 0.200. The lowest BCUT2D eigenvalue weighted by Crippen LogP contribution is -2.21. The molecule has 2 aromatic carbocycles. The zero-order chi connectivity index (χ0) is 13.7. The molecule has 0 saturated carbocycles. The van der Waals surface area contributed by atoms with Gasteiger partial charge < -0.3 is 20.9 Å². The summed E-state index contributed by atoms with van der Waals surface area (Å²) in [5, 5.41) is 0. The van der Waals surface area contributed by atoms with E-state index >= 15 is 0 Å². The average Bonchev–Trinajstić information content (AvgIpc) is 2.40. The third-order valence-electron chi connectivity index (χ3n) is 2.64. The summed E-state index contributed by atoms with van der Waals surface area (Å²) < 4.78 is 11.3. The minimum atomic E-state index is -0.121. The molecule has 19 heavy (non-hydrogen) atoms. The van der Waals surface area contributed by atoms with E-state index in [2.05, 4.69) is 0 Å². The number of anilines is 2. The van der Waals surface area contributed by atoms with Gasteiger partial charge in [0.05, 0.1) is 11.4 Å². The molecular formula is C15H18N2O2. The predicted octanol–water partition coefficient (Wildman–Crippen LogP) is 2.70. The predicted molar refractivity (Wildman–Crippen MR) is 77.3 cm³/mol. The number of nitrogens with two attached hydrogens (primary N) is 2. The maximum atomic E-state index is 5.81. The molecule has 0 aliphatic rings. The number of hydrogen-bond donors (Lipinski definition) is 2. The molecule has 0 saturated heterocycles. The van der Waals surface area contributed by atoms with Crippen molar-refractivity contribution in [1.82, 2.24) is 0 Å². The van der Waals surface area contributed by atoms with E-state index in [9.17, 15) is 0 Å². The van der Waals surface area contributed by atoms with E-state index in [0.717, 1.165) is 0 Å². The number of benzene rings is 2. The van der Waals surface area contributed by atoms with Crippen LogP contribution in [0.2, 0.25) is 0 Å². The summed E-state index contributed by atoms with van der Waals surface area (Å²) in [6.07, 6.45) is -0.121. The van der Waals surface area contributed by atoms with Gasteiger partial charge in [0.25, 0.3) is 0 Å². The fourth-order valence-electron chi connectivity index (χ4n) is 1.66. The second-order valence-electron chi connectivity index (χ2n) is 4.32. The molecular weight excluding hydrogens is 240 g/mol. The first-order chi connectivity index (χ1) is 9.16. The zero-order valence-corrected chi connectivity index (χ0v) is 10.9. The number of hydrogen-bond acceptors (Lipinski definition) is 4. The number of ether oxygens (including phenoxy) is 2. The van der Waals surface area contributed by atoms with Gasteiger partial charge in [-0.15, -0.1) is 0 Å². The van der Waals surface area contributed by atoms with Gasteiger partial charge in [-0.25, -0.2) is 0 Å². The Labute approximate surface area is 112 Å². The van der Waals surface area contributed by atoms with Crippen LogP contribution in [-0.2, 0) is 0 Å². The first-order valence-electron chi connectivity index (χ1n) is 6.15. The van der Waals surface area contributed by atoms with Crippen LogP contribution < -0.4 is 20.9 Å². The molecule has 0 amide bonds. The Balaban J connectivity index is 1.90. The highest BCUT2D eigenvalue weighted by Crippen LogP contribution is 2.23. The third kappa shape index (κ3) is 3.55. The molecule has 2 rings (SSSR count). The average molecular weight is 258 g/mol. The van der Waals surface area contributed by atoms with Crippen LogP contribution in [0.3, 0.4) is 0 Å². The fourth-order valence-corrected chi connectivity index (χ4v) is 1.66. The van der Waals surface area contributed by atoms with E-state index in [4.69, 9.17) is 20.9 Å². The van der Waals surface area contributed by atoms with Crippen molar-refractivity contribution in [2.75, 3.05) is 18.1 Å². The normalized spacial score (nSPS) is 11.8. The van der Waals surface area contributed by atoms with Gasteiger partial charge in [0.15, 0.2) is 0 Å². The Morgan fingerprint density at radius 2 is 1.42 bits per heavy atom. The van der Waals surface area contributed by atoms with Gasteiger partial charge in [-0.05, 0) is 31.2 Å². The van der Waals surface area contributed by atoms with E-state index in [1.54, 1.807) is 12.1 Å². The van der Waals surface area contributed by atoms with Crippen molar-refractivity contribution in [3.8, 4) is 11.5 Å². The summed E-state index contributed by atoms with van der Waals surface area (Å²) in [4.78, 5) is 0. The van der Waals surface area contributed by atoms with Crippen molar-refractivity contribution in [1.29, 1.82) is 0 Å². The van der Waals surface area contributed by atoms with Crippen LogP contribution in [0.1, 0.15) is 6.92 Å². The summed E-state index contributed by atoms with van der Waals surface area (Å²) in [5.74, 6) is 1.33. The summed E-state index contributed by atoms with van der Waals surface area (Å²) in [6, 6.07) is 14.8. The monoisotopic (exact) mass is 258 g/mol. The second-order valence-corrected chi connectivity index (χ2v) is 4.32. The largest absolute Gasteiger partial charge is 0.488 e. The van der Waals surface area contributed by atoms with Gasteiger partial charge >= 0.3 is 0 Å². The molecule has 4 N–H and O–H groups in total. The smallest absolute Gasteiger partial charge is 0.142 e. The molecule has 0 fully saturated rings. The van der Waals surface area contributed by atoms with Crippen molar-refractivity contribution in [3.63, 3.8) is 0 Å². The standard InChI is InChI=1S/C15H18N2O2/c1-11(19-15-9-5-3-7-13(15)17)10-18-14-8-4-2-6-12(14)16/h2-9,11H,10,16-17H2,1H3. The quantitative estimate of drug-likeness (QED) is 0.809. The summed E-state index contributed by atoms with van der Waals surface area (Å²) in [7, 11) is 0. The van der Waals surface area contributed by atoms with Gasteiger partial charge in [0, 0.05) is 0 Å². The summed E-state index contributed by atoms with van der Waals surface area (Å²) in [5.41, 5.74) is 12.9. The molecule has 4 nitrogen and oxygen atoms in total. The lowest BCUT2D eigenvalue weighted by Gasteiger charge is -2.17. The van der Waals surface area contributed by atoms with E-state index < -0.39 is 0 Å². The van der Waals surface area contributed by atoms with Crippen LogP contribution >= 0.6 is 0 Å². The number of nitrogen functional groups attached to an aromatic ring is 2.